The first-order valence-electron chi connectivity index (χ1n) is 10.7. The molecule has 1 aromatic heterocycles. The molecule has 32 heavy (non-hydrogen) atoms. The molecule has 4 rings (SSSR count). The minimum Gasteiger partial charge on any atom is -0.478 e. The van der Waals surface area contributed by atoms with Crippen LogP contribution in [-0.4, -0.2) is 76.7 Å². The molecule has 2 aliphatic rings. The number of benzene rings is 1. The molecule has 1 aromatic carbocycles. The second-order valence-electron chi connectivity index (χ2n) is 7.91. The van der Waals surface area contributed by atoms with Gasteiger partial charge in [-0.15, -0.1) is 0 Å². The Morgan fingerprint density at radius 3 is 2.22 bits per heavy atom. The maximum absolute atomic E-state index is 9.55. The van der Waals surface area contributed by atoms with E-state index in [1.54, 1.807) is 0 Å². The molecule has 0 radical (unpaired) electrons. The zero-order valence-corrected chi connectivity index (χ0v) is 18.3. The first-order chi connectivity index (χ1) is 15.4. The summed E-state index contributed by atoms with van der Waals surface area (Å²) in [6, 6.07) is 11.0. The summed E-state index contributed by atoms with van der Waals surface area (Å²) in [4.78, 5) is 28.3. The number of pyridine rings is 1. The highest BCUT2D eigenvalue weighted by Gasteiger charge is 2.19. The van der Waals surface area contributed by atoms with Gasteiger partial charge in [-0.25, -0.2) is 9.59 Å². The largest absolute Gasteiger partial charge is 0.478 e. The number of nitrogens with zero attached hydrogens (tertiary/aromatic N) is 3. The van der Waals surface area contributed by atoms with Crippen LogP contribution in [0.3, 0.4) is 0 Å². The molecule has 1 saturated heterocycles. The fourth-order valence-corrected chi connectivity index (χ4v) is 3.97. The van der Waals surface area contributed by atoms with Crippen molar-refractivity contribution in [3.8, 4) is 11.1 Å². The van der Waals surface area contributed by atoms with Crippen LogP contribution < -0.4 is 0 Å². The Morgan fingerprint density at radius 2 is 1.59 bits per heavy atom. The Bertz CT molecular complexity index is 978. The standard InChI is InChI=1S/C21H25N3.C4H4O4/c1-23-13-15-24(16-14-23)12-9-17-5-6-21-19(17)3-2-4-20(21)18-7-10-22-11-8-18;5-3(6)1-2-4(7)8/h2-5,7-8,10-11H,6,9,12-16H2,1H3;1-2H,(H,5,6)(H,7,8). The number of carboxylic acid groups (broad SMARTS) is 2. The number of likely N-dealkylation sites (N-methyl/N-ethyl adjacent to an activating group) is 1. The lowest BCUT2D eigenvalue weighted by Gasteiger charge is -2.32. The van der Waals surface area contributed by atoms with Gasteiger partial charge < -0.3 is 20.0 Å². The molecule has 1 fully saturated rings. The van der Waals surface area contributed by atoms with Crippen molar-refractivity contribution in [1.82, 2.24) is 14.8 Å². The monoisotopic (exact) mass is 435 g/mol. The highest BCUT2D eigenvalue weighted by Crippen LogP contribution is 2.36. The van der Waals surface area contributed by atoms with Crippen LogP contribution in [0.15, 0.2) is 61.0 Å². The molecule has 2 N–H and O–H groups in total. The SMILES string of the molecule is CN1CCN(CCC2=CCc3c2cccc3-c2ccncc2)CC1.O=C(O)C=CC(=O)O. The summed E-state index contributed by atoms with van der Waals surface area (Å²) in [7, 11) is 2.22. The van der Waals surface area contributed by atoms with E-state index in [0.717, 1.165) is 12.8 Å². The Balaban J connectivity index is 0.000000312. The van der Waals surface area contributed by atoms with Gasteiger partial charge in [0.05, 0.1) is 0 Å². The van der Waals surface area contributed by atoms with E-state index < -0.39 is 11.9 Å². The van der Waals surface area contributed by atoms with Gasteiger partial charge in [-0.05, 0) is 59.8 Å². The van der Waals surface area contributed by atoms with Gasteiger partial charge in [0, 0.05) is 57.3 Å². The molecule has 1 aliphatic heterocycles. The number of hydrogen-bond donors (Lipinski definition) is 2. The predicted octanol–water partition coefficient (Wildman–Crippen LogP) is 3.04. The van der Waals surface area contributed by atoms with Crippen molar-refractivity contribution in [3.05, 3.63) is 72.1 Å². The van der Waals surface area contributed by atoms with E-state index >= 15 is 0 Å². The third kappa shape index (κ3) is 6.60. The van der Waals surface area contributed by atoms with Crippen molar-refractivity contribution in [2.45, 2.75) is 12.8 Å². The molecule has 0 bridgehead atoms. The van der Waals surface area contributed by atoms with Gasteiger partial charge in [-0.2, -0.15) is 0 Å². The van der Waals surface area contributed by atoms with Crippen molar-refractivity contribution >= 4 is 17.5 Å². The number of rotatable bonds is 6. The molecule has 0 atom stereocenters. The highest BCUT2D eigenvalue weighted by atomic mass is 16.4. The summed E-state index contributed by atoms with van der Waals surface area (Å²) in [5.41, 5.74) is 7.10. The van der Waals surface area contributed by atoms with Crippen LogP contribution in [0.4, 0.5) is 0 Å². The van der Waals surface area contributed by atoms with Crippen LogP contribution in [-0.2, 0) is 16.0 Å². The lowest BCUT2D eigenvalue weighted by molar-refractivity contribution is -0.134. The van der Waals surface area contributed by atoms with E-state index in [1.807, 2.05) is 12.4 Å². The van der Waals surface area contributed by atoms with E-state index in [0.29, 0.717) is 12.2 Å². The van der Waals surface area contributed by atoms with E-state index in [4.69, 9.17) is 10.2 Å². The molecule has 7 heteroatoms. The number of aromatic nitrogens is 1. The lowest BCUT2D eigenvalue weighted by Crippen LogP contribution is -2.44. The summed E-state index contributed by atoms with van der Waals surface area (Å²) in [5.74, 6) is -2.51. The van der Waals surface area contributed by atoms with E-state index in [-0.39, 0.29) is 0 Å². The van der Waals surface area contributed by atoms with E-state index in [2.05, 4.69) is 58.2 Å². The van der Waals surface area contributed by atoms with Crippen LogP contribution in [0.2, 0.25) is 0 Å². The summed E-state index contributed by atoms with van der Waals surface area (Å²) in [6.07, 6.45) is 9.54. The normalized spacial score (nSPS) is 16.2. The van der Waals surface area contributed by atoms with E-state index in [1.165, 1.54) is 60.6 Å². The maximum Gasteiger partial charge on any atom is 0.328 e. The van der Waals surface area contributed by atoms with Crippen LogP contribution in [0.25, 0.3) is 16.7 Å². The minimum atomic E-state index is -1.26. The summed E-state index contributed by atoms with van der Waals surface area (Å²) in [5, 5.41) is 15.6. The Kier molecular flexibility index (Phi) is 8.30. The number of carboxylic acids is 2. The maximum atomic E-state index is 9.55. The zero-order valence-electron chi connectivity index (χ0n) is 18.3. The highest BCUT2D eigenvalue weighted by molar-refractivity contribution is 5.89. The Hall–Kier alpha value is -3.29. The molecule has 168 valence electrons. The molecular formula is C25H29N3O4. The van der Waals surface area contributed by atoms with E-state index in [9.17, 15) is 9.59 Å². The molecule has 0 amide bonds. The number of aliphatic carboxylic acids is 2. The average Bonchev–Trinajstić information content (AvgIpc) is 3.21. The van der Waals surface area contributed by atoms with Gasteiger partial charge in [-0.3, -0.25) is 4.98 Å². The molecule has 0 unspecified atom stereocenters. The molecule has 2 aromatic rings. The molecule has 2 heterocycles. The van der Waals surface area contributed by atoms with Crippen molar-refractivity contribution in [1.29, 1.82) is 0 Å². The second kappa shape index (κ2) is 11.4. The quantitative estimate of drug-likeness (QED) is 0.674. The van der Waals surface area contributed by atoms with Crippen LogP contribution >= 0.6 is 0 Å². The van der Waals surface area contributed by atoms with Crippen LogP contribution in [0.5, 0.6) is 0 Å². The number of allylic oxidation sites excluding steroid dienone is 1. The van der Waals surface area contributed by atoms with Crippen LogP contribution in [0, 0.1) is 0 Å². The number of hydrogen-bond acceptors (Lipinski definition) is 5. The zero-order chi connectivity index (χ0) is 22.9. The van der Waals surface area contributed by atoms with Gasteiger partial charge >= 0.3 is 11.9 Å². The lowest BCUT2D eigenvalue weighted by atomic mass is 9.95. The third-order valence-electron chi connectivity index (χ3n) is 5.73. The fourth-order valence-electron chi connectivity index (χ4n) is 3.97. The summed E-state index contributed by atoms with van der Waals surface area (Å²) < 4.78 is 0. The smallest absolute Gasteiger partial charge is 0.328 e. The Morgan fingerprint density at radius 1 is 0.969 bits per heavy atom. The molecule has 0 spiro atoms. The number of carbonyl (C=O) groups is 2. The summed E-state index contributed by atoms with van der Waals surface area (Å²) in [6.45, 7) is 5.98. The fraction of sp³-hybridized carbons (Fsp3) is 0.320. The average molecular weight is 436 g/mol. The van der Waals surface area contributed by atoms with Crippen molar-refractivity contribution in [2.24, 2.45) is 0 Å². The van der Waals surface area contributed by atoms with Gasteiger partial charge in [0.25, 0.3) is 0 Å². The van der Waals surface area contributed by atoms with Crippen molar-refractivity contribution in [2.75, 3.05) is 39.8 Å². The summed E-state index contributed by atoms with van der Waals surface area (Å²) >= 11 is 0. The van der Waals surface area contributed by atoms with Gasteiger partial charge in [-0.1, -0.05) is 24.3 Å². The first-order valence-corrected chi connectivity index (χ1v) is 10.7. The minimum absolute atomic E-state index is 0.558. The van der Waals surface area contributed by atoms with Gasteiger partial charge in [0.15, 0.2) is 0 Å². The number of piperazine rings is 1. The van der Waals surface area contributed by atoms with Crippen molar-refractivity contribution < 1.29 is 19.8 Å². The van der Waals surface area contributed by atoms with Crippen LogP contribution in [0.1, 0.15) is 17.5 Å². The Labute approximate surface area is 188 Å². The topological polar surface area (TPSA) is 94.0 Å². The van der Waals surface area contributed by atoms with Gasteiger partial charge in [0.1, 0.15) is 0 Å². The molecule has 7 nitrogen and oxygen atoms in total. The second-order valence-corrected chi connectivity index (χ2v) is 7.91. The third-order valence-corrected chi connectivity index (χ3v) is 5.73. The predicted molar refractivity (Wildman–Crippen MR) is 124 cm³/mol. The molecule has 0 saturated carbocycles. The van der Waals surface area contributed by atoms with Gasteiger partial charge in [0.2, 0.25) is 0 Å². The molecular weight excluding hydrogens is 406 g/mol. The number of fused-ring (bicyclic) bond motifs is 1. The molecule has 1 aliphatic carbocycles. The first kappa shape index (κ1) is 23.4. The van der Waals surface area contributed by atoms with Crippen molar-refractivity contribution in [3.63, 3.8) is 0 Å².